The van der Waals surface area contributed by atoms with Crippen molar-refractivity contribution in [3.63, 3.8) is 0 Å². The lowest BCUT2D eigenvalue weighted by Crippen LogP contribution is -2.32. The average Bonchev–Trinajstić information content (AvgIpc) is 3.46. The molecule has 2 aromatic rings. The van der Waals surface area contributed by atoms with Gasteiger partial charge in [0, 0.05) is 49.7 Å². The van der Waals surface area contributed by atoms with Gasteiger partial charge in [-0.05, 0) is 61.8 Å². The molecule has 1 N–H and O–H groups in total. The number of anilines is 1. The number of carbonyl (C=O) groups excluding carboxylic acids is 1. The molecule has 2 unspecified atom stereocenters. The van der Waals surface area contributed by atoms with Crippen LogP contribution >= 0.6 is 11.8 Å². The third-order valence-corrected chi connectivity index (χ3v) is 10.2. The van der Waals surface area contributed by atoms with E-state index in [0.717, 1.165) is 36.9 Å². The number of thioether (sulfide) groups is 1. The van der Waals surface area contributed by atoms with Crippen molar-refractivity contribution in [2.75, 3.05) is 31.1 Å². The molecule has 35 heavy (non-hydrogen) atoms. The topological polar surface area (TPSA) is 86.6 Å². The van der Waals surface area contributed by atoms with Gasteiger partial charge in [-0.15, -0.1) is 11.8 Å². The van der Waals surface area contributed by atoms with E-state index >= 15 is 0 Å². The maximum absolute atomic E-state index is 13.6. The Morgan fingerprint density at radius 2 is 1.86 bits per heavy atom. The lowest BCUT2D eigenvalue weighted by molar-refractivity contribution is -0.143. The Morgan fingerprint density at radius 1 is 1.09 bits per heavy atom. The predicted octanol–water partition coefficient (Wildman–Crippen LogP) is 4.30. The van der Waals surface area contributed by atoms with Crippen LogP contribution in [0.5, 0.6) is 0 Å². The monoisotopic (exact) mass is 492 g/mol. The van der Waals surface area contributed by atoms with Crippen molar-refractivity contribution in [2.45, 2.75) is 55.2 Å². The number of pyridine rings is 2. The molecular weight excluding hydrogens is 460 g/mol. The van der Waals surface area contributed by atoms with Crippen LogP contribution in [0.15, 0.2) is 41.7 Å². The summed E-state index contributed by atoms with van der Waals surface area (Å²) in [6.45, 7) is 4.77. The van der Waals surface area contributed by atoms with E-state index in [9.17, 15) is 14.7 Å². The number of aliphatic carboxylic acids is 1. The molecule has 2 aliphatic heterocycles. The summed E-state index contributed by atoms with van der Waals surface area (Å²) in [4.78, 5) is 38.8. The zero-order chi connectivity index (χ0) is 24.2. The number of nitrogens with zero attached hydrogens (tertiary/aromatic N) is 4. The van der Waals surface area contributed by atoms with Gasteiger partial charge in [0.1, 0.15) is 10.8 Å². The number of amides is 1. The number of likely N-dealkylation sites (tertiary alicyclic amines) is 1. The number of carboxylic acids is 1. The average molecular weight is 493 g/mol. The molecule has 4 heterocycles. The van der Waals surface area contributed by atoms with Crippen molar-refractivity contribution in [3.8, 4) is 0 Å². The molecule has 0 spiro atoms. The summed E-state index contributed by atoms with van der Waals surface area (Å²) in [7, 11) is 0. The Labute approximate surface area is 210 Å². The van der Waals surface area contributed by atoms with Crippen LogP contribution in [0.25, 0.3) is 0 Å². The lowest BCUT2D eigenvalue weighted by Gasteiger charge is -2.25. The second-order valence-electron chi connectivity index (χ2n) is 10.8. The van der Waals surface area contributed by atoms with Crippen LogP contribution in [0.1, 0.15) is 60.9 Å². The van der Waals surface area contributed by atoms with Crippen molar-refractivity contribution < 1.29 is 14.7 Å². The molecule has 0 aromatic carbocycles. The zero-order valence-electron chi connectivity index (χ0n) is 20.1. The Bertz CT molecular complexity index is 1120. The summed E-state index contributed by atoms with van der Waals surface area (Å²) in [5.74, 6) is 0.945. The molecule has 2 aromatic heterocycles. The molecular formula is C27H32N4O3S. The second kappa shape index (κ2) is 8.80. The van der Waals surface area contributed by atoms with Gasteiger partial charge in [0.05, 0.1) is 11.0 Å². The molecule has 6 rings (SSSR count). The summed E-state index contributed by atoms with van der Waals surface area (Å²) in [5, 5.41) is 10.9. The van der Waals surface area contributed by atoms with Gasteiger partial charge in [0.15, 0.2) is 0 Å². The molecule has 8 heteroatoms. The van der Waals surface area contributed by atoms with Gasteiger partial charge >= 0.3 is 5.97 Å². The highest BCUT2D eigenvalue weighted by Gasteiger charge is 2.70. The van der Waals surface area contributed by atoms with Gasteiger partial charge in [0.2, 0.25) is 0 Å². The molecule has 4 fully saturated rings. The largest absolute Gasteiger partial charge is 0.481 e. The molecule has 2 saturated heterocycles. The number of hydrogen-bond acceptors (Lipinski definition) is 6. The van der Waals surface area contributed by atoms with Crippen LogP contribution < -0.4 is 4.90 Å². The molecule has 2 aliphatic carbocycles. The van der Waals surface area contributed by atoms with Crippen molar-refractivity contribution in [1.29, 1.82) is 0 Å². The first-order chi connectivity index (χ1) is 16.9. The molecule has 2 saturated carbocycles. The molecule has 0 radical (unpaired) electrons. The number of carbonyl (C=O) groups is 2. The molecule has 1 amide bonds. The first-order valence-corrected chi connectivity index (χ1v) is 13.7. The first kappa shape index (κ1) is 22.8. The smallest absolute Gasteiger partial charge is 0.310 e. The summed E-state index contributed by atoms with van der Waals surface area (Å²) >= 11 is 1.76. The SMILES string of the molecule is CC1(C(=O)O)[C@@H]2CN(c3ccc(C(=O)N4CCC(c5cccnc5)C4)c(SC4CCCC4)n3)C[C@@H]21. The van der Waals surface area contributed by atoms with E-state index in [1.54, 1.807) is 18.0 Å². The number of piperidine rings is 1. The Kier molecular flexibility index (Phi) is 5.74. The lowest BCUT2D eigenvalue weighted by atomic mass is 10.0. The standard InChI is InChI=1S/C27H32N4O3S/c1-27(26(33)34)21-15-31(16-22(21)27)23-9-8-20(24(29-23)35-19-6-2-3-7-19)25(32)30-12-10-18(14-30)17-5-4-11-28-13-17/h4-5,8-9,11,13,18-19,21-22H,2-3,6-7,10,12,14-16H2,1H3,(H,33,34)/t18?,21-,22+,27?. The van der Waals surface area contributed by atoms with Crippen LogP contribution in [0.2, 0.25) is 0 Å². The summed E-state index contributed by atoms with van der Waals surface area (Å²) in [6.07, 6.45) is 9.46. The minimum Gasteiger partial charge on any atom is -0.481 e. The number of aromatic nitrogens is 2. The number of carboxylic acid groups (broad SMARTS) is 1. The van der Waals surface area contributed by atoms with E-state index in [1.807, 2.05) is 36.2 Å². The number of hydrogen-bond donors (Lipinski definition) is 1. The maximum Gasteiger partial charge on any atom is 0.310 e. The van der Waals surface area contributed by atoms with Gasteiger partial charge < -0.3 is 14.9 Å². The van der Waals surface area contributed by atoms with Crippen LogP contribution in [-0.2, 0) is 4.79 Å². The molecule has 7 nitrogen and oxygen atoms in total. The fourth-order valence-corrected chi connectivity index (χ4v) is 7.73. The maximum atomic E-state index is 13.6. The van der Waals surface area contributed by atoms with Gasteiger partial charge in [-0.3, -0.25) is 14.6 Å². The predicted molar refractivity (Wildman–Crippen MR) is 135 cm³/mol. The van der Waals surface area contributed by atoms with Gasteiger partial charge in [-0.25, -0.2) is 4.98 Å². The summed E-state index contributed by atoms with van der Waals surface area (Å²) in [5.41, 5.74) is 1.31. The van der Waals surface area contributed by atoms with E-state index in [2.05, 4.69) is 16.0 Å². The molecule has 0 bridgehead atoms. The molecule has 4 aliphatic rings. The van der Waals surface area contributed by atoms with Gasteiger partial charge in [-0.1, -0.05) is 18.9 Å². The Balaban J connectivity index is 1.21. The van der Waals surface area contributed by atoms with Crippen LogP contribution in [0, 0.1) is 17.3 Å². The Morgan fingerprint density at radius 3 is 2.54 bits per heavy atom. The quantitative estimate of drug-likeness (QED) is 0.643. The van der Waals surface area contributed by atoms with E-state index in [-0.39, 0.29) is 17.7 Å². The van der Waals surface area contributed by atoms with Crippen LogP contribution in [-0.4, -0.2) is 63.3 Å². The van der Waals surface area contributed by atoms with E-state index in [4.69, 9.17) is 4.98 Å². The third-order valence-electron chi connectivity index (χ3n) is 8.82. The number of rotatable bonds is 6. The summed E-state index contributed by atoms with van der Waals surface area (Å²) < 4.78 is 0. The van der Waals surface area contributed by atoms with Gasteiger partial charge in [-0.2, -0.15) is 0 Å². The van der Waals surface area contributed by atoms with E-state index in [1.165, 1.54) is 31.2 Å². The van der Waals surface area contributed by atoms with Crippen molar-refractivity contribution in [3.05, 3.63) is 47.8 Å². The number of fused-ring (bicyclic) bond motifs is 1. The highest BCUT2D eigenvalue weighted by molar-refractivity contribution is 7.99. The van der Waals surface area contributed by atoms with Crippen LogP contribution in [0.4, 0.5) is 5.82 Å². The van der Waals surface area contributed by atoms with E-state index < -0.39 is 11.4 Å². The fraction of sp³-hybridized carbons (Fsp3) is 0.556. The molecule has 4 atom stereocenters. The van der Waals surface area contributed by atoms with Crippen LogP contribution in [0.3, 0.4) is 0 Å². The normalized spacial score (nSPS) is 30.0. The van der Waals surface area contributed by atoms with Crippen molar-refractivity contribution >= 4 is 29.5 Å². The highest BCUT2D eigenvalue weighted by Crippen LogP contribution is 2.62. The zero-order valence-corrected chi connectivity index (χ0v) is 20.9. The second-order valence-corrected chi connectivity index (χ2v) is 12.1. The first-order valence-electron chi connectivity index (χ1n) is 12.8. The minimum atomic E-state index is -0.686. The molecule has 184 valence electrons. The van der Waals surface area contributed by atoms with Gasteiger partial charge in [0.25, 0.3) is 5.91 Å². The van der Waals surface area contributed by atoms with E-state index in [0.29, 0.717) is 23.3 Å². The third kappa shape index (κ3) is 3.99. The fourth-order valence-electron chi connectivity index (χ4n) is 6.41. The van der Waals surface area contributed by atoms with Crippen molar-refractivity contribution in [1.82, 2.24) is 14.9 Å². The van der Waals surface area contributed by atoms with Crippen molar-refractivity contribution in [2.24, 2.45) is 17.3 Å². The summed E-state index contributed by atoms with van der Waals surface area (Å²) in [6, 6.07) is 7.97. The Hall–Kier alpha value is -2.61. The highest BCUT2D eigenvalue weighted by atomic mass is 32.2. The minimum absolute atomic E-state index is 0.0682.